The minimum Gasteiger partial charge on any atom is -0.341 e. The fourth-order valence-corrected chi connectivity index (χ4v) is 4.55. The fraction of sp³-hybridized carbons (Fsp3) is 0.684. The Hall–Kier alpha value is -1.36. The van der Waals surface area contributed by atoms with E-state index in [0.717, 1.165) is 38.8 Å². The molecule has 0 atom stereocenters. The van der Waals surface area contributed by atoms with Crippen LogP contribution in [-0.4, -0.2) is 47.8 Å². The number of rotatable bonds is 4. The topological polar surface area (TPSA) is 40.6 Å². The van der Waals surface area contributed by atoms with Gasteiger partial charge in [-0.05, 0) is 37.1 Å². The lowest BCUT2D eigenvalue weighted by Gasteiger charge is -2.28. The zero-order valence-electron chi connectivity index (χ0n) is 14.4. The average molecular weight is 349 g/mol. The van der Waals surface area contributed by atoms with E-state index in [1.54, 1.807) is 11.3 Å². The van der Waals surface area contributed by atoms with Crippen LogP contribution in [0.5, 0.6) is 0 Å². The van der Waals surface area contributed by atoms with E-state index in [0.29, 0.717) is 25.4 Å². The molecule has 1 saturated carbocycles. The molecule has 0 N–H and O–H groups in total. The lowest BCUT2D eigenvalue weighted by atomic mass is 9.88. The molecule has 1 aliphatic heterocycles. The summed E-state index contributed by atoms with van der Waals surface area (Å²) >= 11 is 1.71. The third-order valence-corrected chi connectivity index (χ3v) is 6.22. The molecule has 132 valence electrons. The van der Waals surface area contributed by atoms with E-state index >= 15 is 0 Å². The summed E-state index contributed by atoms with van der Waals surface area (Å²) in [5.74, 6) is 0.804. The average Bonchev–Trinajstić information content (AvgIpc) is 3.02. The third kappa shape index (κ3) is 4.59. The number of carbonyl (C=O) groups excluding carboxylic acids is 2. The Morgan fingerprint density at radius 3 is 2.50 bits per heavy atom. The van der Waals surface area contributed by atoms with Gasteiger partial charge in [0, 0.05) is 43.4 Å². The zero-order chi connectivity index (χ0) is 16.8. The molecule has 1 aromatic rings. The number of amides is 2. The summed E-state index contributed by atoms with van der Waals surface area (Å²) in [6.45, 7) is 3.00. The Bertz CT molecular complexity index is 538. The van der Waals surface area contributed by atoms with Crippen molar-refractivity contribution < 1.29 is 9.59 Å². The van der Waals surface area contributed by atoms with Gasteiger partial charge in [0.05, 0.1) is 0 Å². The van der Waals surface area contributed by atoms with Crippen LogP contribution >= 0.6 is 11.3 Å². The molecule has 0 aromatic carbocycles. The second kappa shape index (κ2) is 8.65. The first kappa shape index (κ1) is 17.5. The van der Waals surface area contributed by atoms with Gasteiger partial charge in [0.25, 0.3) is 0 Å². The van der Waals surface area contributed by atoms with Crippen molar-refractivity contribution in [1.82, 2.24) is 9.80 Å². The van der Waals surface area contributed by atoms with Gasteiger partial charge in [-0.3, -0.25) is 9.59 Å². The number of thiophene rings is 1. The molecular weight excluding hydrogens is 320 g/mol. The van der Waals surface area contributed by atoms with Crippen molar-refractivity contribution in [1.29, 1.82) is 0 Å². The maximum absolute atomic E-state index is 12.7. The molecular formula is C19H28N2O2S. The Labute approximate surface area is 148 Å². The molecule has 2 aliphatic rings. The first-order chi connectivity index (χ1) is 11.7. The van der Waals surface area contributed by atoms with Gasteiger partial charge in [-0.25, -0.2) is 0 Å². The van der Waals surface area contributed by atoms with Gasteiger partial charge in [-0.1, -0.05) is 25.3 Å². The van der Waals surface area contributed by atoms with Gasteiger partial charge in [0.15, 0.2) is 0 Å². The predicted molar refractivity (Wildman–Crippen MR) is 97.0 cm³/mol. The number of carbonyl (C=O) groups is 2. The molecule has 5 heteroatoms. The molecule has 0 spiro atoms. The third-order valence-electron chi connectivity index (χ3n) is 5.28. The van der Waals surface area contributed by atoms with Gasteiger partial charge in [0.1, 0.15) is 0 Å². The van der Waals surface area contributed by atoms with Crippen LogP contribution in [0.1, 0.15) is 49.8 Å². The maximum Gasteiger partial charge on any atom is 0.225 e. The molecule has 1 aliphatic carbocycles. The Kier molecular flexibility index (Phi) is 6.30. The van der Waals surface area contributed by atoms with Crippen molar-refractivity contribution in [3.8, 4) is 0 Å². The summed E-state index contributed by atoms with van der Waals surface area (Å²) in [4.78, 5) is 30.4. The number of hydrogen-bond donors (Lipinski definition) is 0. The largest absolute Gasteiger partial charge is 0.341 e. The van der Waals surface area contributed by atoms with Crippen LogP contribution in [-0.2, 0) is 16.0 Å². The fourth-order valence-electron chi connectivity index (χ4n) is 3.84. The van der Waals surface area contributed by atoms with E-state index in [4.69, 9.17) is 0 Å². The van der Waals surface area contributed by atoms with Gasteiger partial charge in [0.2, 0.25) is 11.8 Å². The molecule has 4 nitrogen and oxygen atoms in total. The molecule has 1 aromatic heterocycles. The summed E-state index contributed by atoms with van der Waals surface area (Å²) in [5.41, 5.74) is 0. The van der Waals surface area contributed by atoms with Gasteiger partial charge in [-0.15, -0.1) is 11.3 Å². The molecule has 0 unspecified atom stereocenters. The van der Waals surface area contributed by atoms with E-state index in [1.807, 2.05) is 15.9 Å². The quantitative estimate of drug-likeness (QED) is 0.837. The van der Waals surface area contributed by atoms with Crippen molar-refractivity contribution in [3.05, 3.63) is 22.4 Å². The summed E-state index contributed by atoms with van der Waals surface area (Å²) in [7, 11) is 0. The first-order valence-electron chi connectivity index (χ1n) is 9.33. The van der Waals surface area contributed by atoms with Crippen LogP contribution < -0.4 is 0 Å². The molecule has 0 bridgehead atoms. The van der Waals surface area contributed by atoms with E-state index in [9.17, 15) is 9.59 Å². The SMILES string of the molecule is O=C(CCc1cccs1)N1CCCN(C(=O)C2CCCCC2)CC1. The van der Waals surface area contributed by atoms with E-state index in [-0.39, 0.29) is 11.8 Å². The van der Waals surface area contributed by atoms with Crippen LogP contribution in [0.25, 0.3) is 0 Å². The molecule has 1 saturated heterocycles. The predicted octanol–water partition coefficient (Wildman–Crippen LogP) is 3.32. The monoisotopic (exact) mass is 348 g/mol. The van der Waals surface area contributed by atoms with Gasteiger partial charge >= 0.3 is 0 Å². The lowest BCUT2D eigenvalue weighted by molar-refractivity contribution is -0.137. The van der Waals surface area contributed by atoms with Crippen LogP contribution in [0, 0.1) is 5.92 Å². The standard InChI is InChI=1S/C19H28N2O2S/c22-18(10-9-17-8-4-15-24-17)20-11-5-12-21(14-13-20)19(23)16-6-2-1-3-7-16/h4,8,15-16H,1-3,5-7,9-14H2. The summed E-state index contributed by atoms with van der Waals surface area (Å²) in [6.07, 6.45) is 8.08. The van der Waals surface area contributed by atoms with E-state index in [1.165, 1.54) is 24.1 Å². The van der Waals surface area contributed by atoms with Crippen LogP contribution in [0.3, 0.4) is 0 Å². The summed E-state index contributed by atoms with van der Waals surface area (Å²) in [5, 5.41) is 2.06. The van der Waals surface area contributed by atoms with E-state index < -0.39 is 0 Å². The van der Waals surface area contributed by atoms with Crippen molar-refractivity contribution in [2.75, 3.05) is 26.2 Å². The van der Waals surface area contributed by atoms with Gasteiger partial charge < -0.3 is 9.80 Å². The minimum atomic E-state index is 0.232. The van der Waals surface area contributed by atoms with Gasteiger partial charge in [-0.2, -0.15) is 0 Å². The highest BCUT2D eigenvalue weighted by Crippen LogP contribution is 2.26. The highest BCUT2D eigenvalue weighted by atomic mass is 32.1. The zero-order valence-corrected chi connectivity index (χ0v) is 15.2. The smallest absolute Gasteiger partial charge is 0.225 e. The molecule has 24 heavy (non-hydrogen) atoms. The molecule has 2 amide bonds. The minimum absolute atomic E-state index is 0.232. The first-order valence-corrected chi connectivity index (χ1v) is 10.2. The number of nitrogens with zero attached hydrogens (tertiary/aromatic N) is 2. The lowest BCUT2D eigenvalue weighted by Crippen LogP contribution is -2.40. The Morgan fingerprint density at radius 2 is 1.75 bits per heavy atom. The highest BCUT2D eigenvalue weighted by Gasteiger charge is 2.28. The Balaban J connectivity index is 1.47. The van der Waals surface area contributed by atoms with Crippen LogP contribution in [0.2, 0.25) is 0 Å². The molecule has 2 fully saturated rings. The highest BCUT2D eigenvalue weighted by molar-refractivity contribution is 7.09. The molecule has 0 radical (unpaired) electrons. The summed E-state index contributed by atoms with van der Waals surface area (Å²) in [6, 6.07) is 4.12. The van der Waals surface area contributed by atoms with Crippen molar-refractivity contribution in [2.24, 2.45) is 5.92 Å². The summed E-state index contributed by atoms with van der Waals surface area (Å²) < 4.78 is 0. The van der Waals surface area contributed by atoms with Crippen molar-refractivity contribution in [3.63, 3.8) is 0 Å². The molecule has 3 rings (SSSR count). The van der Waals surface area contributed by atoms with Crippen LogP contribution in [0.4, 0.5) is 0 Å². The van der Waals surface area contributed by atoms with Crippen LogP contribution in [0.15, 0.2) is 17.5 Å². The van der Waals surface area contributed by atoms with E-state index in [2.05, 4.69) is 11.4 Å². The second-order valence-electron chi connectivity index (χ2n) is 6.97. The normalized spacial score (nSPS) is 20.0. The Morgan fingerprint density at radius 1 is 1.00 bits per heavy atom. The molecule has 2 heterocycles. The van der Waals surface area contributed by atoms with Crippen molar-refractivity contribution in [2.45, 2.75) is 51.4 Å². The maximum atomic E-state index is 12.7. The van der Waals surface area contributed by atoms with Crippen molar-refractivity contribution >= 4 is 23.2 Å². The second-order valence-corrected chi connectivity index (χ2v) is 8.01. The number of hydrogen-bond acceptors (Lipinski definition) is 3. The number of aryl methyl sites for hydroxylation is 1.